The molecule has 0 aliphatic rings. The van der Waals surface area contributed by atoms with Crippen LogP contribution in [0.2, 0.25) is 0 Å². The van der Waals surface area contributed by atoms with Gasteiger partial charge in [-0.25, -0.2) is 5.43 Å². The molecule has 0 aliphatic carbocycles. The van der Waals surface area contributed by atoms with Crippen molar-refractivity contribution in [1.82, 2.24) is 5.43 Å². The molecule has 0 saturated carbocycles. The largest absolute Gasteiger partial charge is 0.497 e. The highest BCUT2D eigenvalue weighted by Gasteiger charge is 2.07. The van der Waals surface area contributed by atoms with Gasteiger partial charge >= 0.3 is 0 Å². The number of ether oxygens (including phenoxy) is 2. The molecule has 0 heterocycles. The van der Waals surface area contributed by atoms with E-state index in [-0.39, 0.29) is 18.9 Å². The zero-order chi connectivity index (χ0) is 19.6. The normalized spacial score (nSPS) is 10.9. The molecule has 2 rings (SSSR count). The Bertz CT molecular complexity index is 822. The van der Waals surface area contributed by atoms with Crippen LogP contribution >= 0.6 is 22.6 Å². The number of amides is 2. The van der Waals surface area contributed by atoms with Crippen molar-refractivity contribution in [2.75, 3.05) is 19.0 Å². The molecule has 0 bridgehead atoms. The number of carbonyl (C=O) groups excluding carboxylic acids is 2. The summed E-state index contributed by atoms with van der Waals surface area (Å²) in [4.78, 5) is 23.8. The Labute approximate surface area is 171 Å². The van der Waals surface area contributed by atoms with Crippen LogP contribution in [0.25, 0.3) is 0 Å². The first kappa shape index (κ1) is 20.7. The number of anilines is 1. The third-order valence-corrected chi connectivity index (χ3v) is 4.00. The van der Waals surface area contributed by atoms with Crippen LogP contribution in [-0.2, 0) is 9.59 Å². The van der Waals surface area contributed by atoms with E-state index >= 15 is 0 Å². The zero-order valence-electron chi connectivity index (χ0n) is 15.0. The van der Waals surface area contributed by atoms with Gasteiger partial charge in [0.25, 0.3) is 5.91 Å². The number of hydrogen-bond donors (Lipinski definition) is 2. The lowest BCUT2D eigenvalue weighted by atomic mass is 10.2. The summed E-state index contributed by atoms with van der Waals surface area (Å²) < 4.78 is 11.4. The zero-order valence-corrected chi connectivity index (χ0v) is 17.1. The van der Waals surface area contributed by atoms with Crippen molar-refractivity contribution in [2.24, 2.45) is 5.10 Å². The Kier molecular flexibility index (Phi) is 8.05. The fourth-order valence-electron chi connectivity index (χ4n) is 2.05. The van der Waals surface area contributed by atoms with Gasteiger partial charge in [0.1, 0.15) is 11.5 Å². The second-order valence-corrected chi connectivity index (χ2v) is 6.83. The first-order valence-electron chi connectivity index (χ1n) is 8.10. The van der Waals surface area contributed by atoms with Crippen LogP contribution in [0, 0.1) is 3.57 Å². The lowest BCUT2D eigenvalue weighted by Gasteiger charge is -2.07. The lowest BCUT2D eigenvalue weighted by Crippen LogP contribution is -2.26. The van der Waals surface area contributed by atoms with Crippen molar-refractivity contribution in [3.05, 3.63) is 52.1 Å². The highest BCUT2D eigenvalue weighted by Crippen LogP contribution is 2.16. The Morgan fingerprint density at radius 3 is 2.44 bits per heavy atom. The monoisotopic (exact) mass is 481 g/mol. The van der Waals surface area contributed by atoms with E-state index in [0.29, 0.717) is 17.2 Å². The summed E-state index contributed by atoms with van der Waals surface area (Å²) in [6.07, 6.45) is 0.0745. The number of halogens is 1. The van der Waals surface area contributed by atoms with E-state index in [4.69, 9.17) is 9.47 Å². The summed E-state index contributed by atoms with van der Waals surface area (Å²) in [6, 6.07) is 14.4. The molecule has 7 nitrogen and oxygen atoms in total. The molecule has 0 saturated heterocycles. The van der Waals surface area contributed by atoms with Crippen LogP contribution in [0.3, 0.4) is 0 Å². The number of hydrogen-bond acceptors (Lipinski definition) is 5. The molecule has 0 fully saturated rings. The smallest absolute Gasteiger partial charge is 0.277 e. The van der Waals surface area contributed by atoms with E-state index in [0.717, 1.165) is 9.26 Å². The second kappa shape index (κ2) is 10.5. The molecule has 8 heteroatoms. The summed E-state index contributed by atoms with van der Waals surface area (Å²) >= 11 is 2.17. The maximum Gasteiger partial charge on any atom is 0.277 e. The Morgan fingerprint density at radius 1 is 1.07 bits per heavy atom. The van der Waals surface area contributed by atoms with Gasteiger partial charge in [0.15, 0.2) is 6.61 Å². The molecule has 2 N–H and O–H groups in total. The summed E-state index contributed by atoms with van der Waals surface area (Å²) in [5.41, 5.74) is 3.57. The molecular formula is C19H20IN3O4. The summed E-state index contributed by atoms with van der Waals surface area (Å²) in [6.45, 7) is 1.48. The van der Waals surface area contributed by atoms with Crippen LogP contribution in [0.5, 0.6) is 11.5 Å². The highest BCUT2D eigenvalue weighted by molar-refractivity contribution is 14.1. The molecular weight excluding hydrogens is 461 g/mol. The second-order valence-electron chi connectivity index (χ2n) is 5.58. The minimum absolute atomic E-state index is 0.0745. The van der Waals surface area contributed by atoms with Crippen LogP contribution in [0.1, 0.15) is 13.3 Å². The van der Waals surface area contributed by atoms with E-state index < -0.39 is 5.91 Å². The maximum atomic E-state index is 12.0. The average molecular weight is 481 g/mol. The first-order valence-corrected chi connectivity index (χ1v) is 9.18. The number of benzene rings is 2. The van der Waals surface area contributed by atoms with Crippen molar-refractivity contribution in [2.45, 2.75) is 13.3 Å². The van der Waals surface area contributed by atoms with Gasteiger partial charge in [0.2, 0.25) is 5.91 Å². The van der Waals surface area contributed by atoms with Crippen LogP contribution < -0.4 is 20.2 Å². The maximum absolute atomic E-state index is 12.0. The van der Waals surface area contributed by atoms with E-state index in [2.05, 4.69) is 38.4 Å². The summed E-state index contributed by atoms with van der Waals surface area (Å²) in [5.74, 6) is 0.629. The van der Waals surface area contributed by atoms with Crippen molar-refractivity contribution < 1.29 is 19.1 Å². The molecule has 0 unspecified atom stereocenters. The molecule has 142 valence electrons. The predicted octanol–water partition coefficient (Wildman–Crippen LogP) is 3.20. The number of nitrogens with one attached hydrogen (secondary N) is 2. The van der Waals surface area contributed by atoms with Gasteiger partial charge in [0, 0.05) is 15.0 Å². The molecule has 2 amide bonds. The Balaban J connectivity index is 1.74. The number of carbonyl (C=O) groups is 2. The van der Waals surface area contributed by atoms with Gasteiger partial charge in [-0.1, -0.05) is 6.07 Å². The standard InChI is InChI=1S/C19H20IN3O4/c1-13(10-18(24)21-15-5-3-4-14(20)11-15)22-23-19(25)12-27-17-8-6-16(26-2)7-9-17/h3-9,11H,10,12H2,1-2H3,(H,21,24)(H,23,25)/b22-13-. The average Bonchev–Trinajstić information content (AvgIpc) is 2.65. The van der Waals surface area contributed by atoms with Gasteiger partial charge in [-0.2, -0.15) is 5.10 Å². The Hall–Kier alpha value is -2.62. The third kappa shape index (κ3) is 7.65. The molecule has 0 aliphatic heterocycles. The number of rotatable bonds is 8. The minimum Gasteiger partial charge on any atom is -0.497 e. The fraction of sp³-hybridized carbons (Fsp3) is 0.211. The molecule has 0 aromatic heterocycles. The lowest BCUT2D eigenvalue weighted by molar-refractivity contribution is -0.123. The molecule has 0 atom stereocenters. The van der Waals surface area contributed by atoms with E-state index in [1.54, 1.807) is 38.3 Å². The fourth-order valence-corrected chi connectivity index (χ4v) is 2.60. The van der Waals surface area contributed by atoms with Crippen molar-refractivity contribution in [1.29, 1.82) is 0 Å². The third-order valence-electron chi connectivity index (χ3n) is 3.33. The topological polar surface area (TPSA) is 89.0 Å². The van der Waals surface area contributed by atoms with Crippen molar-refractivity contribution >= 4 is 45.8 Å². The molecule has 2 aromatic carbocycles. The Morgan fingerprint density at radius 2 is 1.78 bits per heavy atom. The quantitative estimate of drug-likeness (QED) is 0.345. The SMILES string of the molecule is COc1ccc(OCC(=O)N/N=C(/C)CC(=O)Nc2cccc(I)c2)cc1. The van der Waals surface area contributed by atoms with Gasteiger partial charge in [-0.3, -0.25) is 9.59 Å². The number of hydrazone groups is 1. The summed E-state index contributed by atoms with van der Waals surface area (Å²) in [7, 11) is 1.57. The minimum atomic E-state index is -0.414. The number of methoxy groups -OCH3 is 1. The van der Waals surface area contributed by atoms with Crippen LogP contribution in [0.15, 0.2) is 53.6 Å². The van der Waals surface area contributed by atoms with Crippen LogP contribution in [0.4, 0.5) is 5.69 Å². The highest BCUT2D eigenvalue weighted by atomic mass is 127. The number of nitrogens with zero attached hydrogens (tertiary/aromatic N) is 1. The van der Waals surface area contributed by atoms with Gasteiger partial charge in [-0.05, 0) is 72.0 Å². The van der Waals surface area contributed by atoms with Crippen molar-refractivity contribution in [3.8, 4) is 11.5 Å². The molecule has 27 heavy (non-hydrogen) atoms. The van der Waals surface area contributed by atoms with Gasteiger partial charge in [-0.15, -0.1) is 0 Å². The molecule has 0 radical (unpaired) electrons. The molecule has 0 spiro atoms. The van der Waals surface area contributed by atoms with E-state index in [1.807, 2.05) is 24.3 Å². The van der Waals surface area contributed by atoms with Gasteiger partial charge < -0.3 is 14.8 Å². The first-order chi connectivity index (χ1) is 13.0. The van der Waals surface area contributed by atoms with E-state index in [1.165, 1.54) is 0 Å². The van der Waals surface area contributed by atoms with Crippen molar-refractivity contribution in [3.63, 3.8) is 0 Å². The molecule has 2 aromatic rings. The predicted molar refractivity (Wildman–Crippen MR) is 112 cm³/mol. The van der Waals surface area contributed by atoms with Gasteiger partial charge in [0.05, 0.1) is 13.5 Å². The van der Waals surface area contributed by atoms with Crippen LogP contribution in [-0.4, -0.2) is 31.2 Å². The summed E-state index contributed by atoms with van der Waals surface area (Å²) in [5, 5.41) is 6.70. The van der Waals surface area contributed by atoms with E-state index in [9.17, 15) is 9.59 Å².